The summed E-state index contributed by atoms with van der Waals surface area (Å²) >= 11 is 0. The van der Waals surface area contributed by atoms with Crippen molar-refractivity contribution in [3.8, 4) is 5.88 Å². The Labute approximate surface area is 108 Å². The van der Waals surface area contributed by atoms with Crippen LogP contribution in [0.4, 0.5) is 5.82 Å². The number of nitrogens with zero attached hydrogens (tertiary/aromatic N) is 2. The zero-order valence-electron chi connectivity index (χ0n) is 11.3. The molecule has 0 aliphatic heterocycles. The molecule has 0 aromatic carbocycles. The Balaban J connectivity index is 2.88. The number of sulfone groups is 1. The van der Waals surface area contributed by atoms with Crippen LogP contribution in [0.15, 0.2) is 6.33 Å². The van der Waals surface area contributed by atoms with Crippen LogP contribution in [0.2, 0.25) is 0 Å². The van der Waals surface area contributed by atoms with Gasteiger partial charge in [0.1, 0.15) is 12.1 Å². The van der Waals surface area contributed by atoms with Gasteiger partial charge in [-0.2, -0.15) is 0 Å². The van der Waals surface area contributed by atoms with E-state index < -0.39 is 14.6 Å². The molecule has 1 aromatic heterocycles. The Morgan fingerprint density at radius 1 is 1.39 bits per heavy atom. The molecule has 0 fully saturated rings. The van der Waals surface area contributed by atoms with Gasteiger partial charge in [-0.15, -0.1) is 0 Å². The lowest BCUT2D eigenvalue weighted by molar-refractivity contribution is 0.393. The van der Waals surface area contributed by atoms with E-state index in [9.17, 15) is 8.42 Å². The molecule has 18 heavy (non-hydrogen) atoms. The molecule has 0 bridgehead atoms. The maximum atomic E-state index is 11.6. The molecule has 1 rings (SSSR count). The highest BCUT2D eigenvalue weighted by molar-refractivity contribution is 7.92. The predicted octanol–water partition coefficient (Wildman–Crippen LogP) is 1.03. The van der Waals surface area contributed by atoms with Crippen molar-refractivity contribution >= 4 is 15.7 Å². The Morgan fingerprint density at radius 2 is 2.00 bits per heavy atom. The van der Waals surface area contributed by atoms with E-state index in [0.29, 0.717) is 11.7 Å². The summed E-state index contributed by atoms with van der Waals surface area (Å²) in [5.74, 6) is 1.06. The SMILES string of the molecule is COc1ncnc(NCC(C)(C)S(C)(=O)=O)c1C. The highest BCUT2D eigenvalue weighted by Crippen LogP contribution is 2.22. The summed E-state index contributed by atoms with van der Waals surface area (Å²) < 4.78 is 27.4. The fourth-order valence-electron chi connectivity index (χ4n) is 1.25. The maximum Gasteiger partial charge on any atom is 0.221 e. The first-order chi connectivity index (χ1) is 8.19. The first-order valence-corrected chi connectivity index (χ1v) is 7.37. The molecule has 0 saturated carbocycles. The average Bonchev–Trinajstić information content (AvgIpc) is 2.26. The quantitative estimate of drug-likeness (QED) is 0.863. The van der Waals surface area contributed by atoms with Gasteiger partial charge < -0.3 is 10.1 Å². The third-order valence-electron chi connectivity index (χ3n) is 2.92. The minimum absolute atomic E-state index is 0.271. The van der Waals surface area contributed by atoms with Gasteiger partial charge in [-0.05, 0) is 20.8 Å². The van der Waals surface area contributed by atoms with Crippen molar-refractivity contribution in [1.29, 1.82) is 0 Å². The first-order valence-electron chi connectivity index (χ1n) is 5.48. The number of hydrogen-bond donors (Lipinski definition) is 1. The molecule has 102 valence electrons. The lowest BCUT2D eigenvalue weighted by Crippen LogP contribution is -2.38. The van der Waals surface area contributed by atoms with E-state index in [1.54, 1.807) is 13.8 Å². The summed E-state index contributed by atoms with van der Waals surface area (Å²) in [6.45, 7) is 5.42. The third kappa shape index (κ3) is 3.10. The summed E-state index contributed by atoms with van der Waals surface area (Å²) in [5.41, 5.74) is 0.754. The third-order valence-corrected chi connectivity index (χ3v) is 5.07. The number of methoxy groups -OCH3 is 1. The van der Waals surface area contributed by atoms with Crippen LogP contribution in [0.25, 0.3) is 0 Å². The monoisotopic (exact) mass is 273 g/mol. The van der Waals surface area contributed by atoms with Crippen molar-refractivity contribution in [2.45, 2.75) is 25.5 Å². The second-order valence-corrected chi connectivity index (χ2v) is 7.39. The molecule has 6 nitrogen and oxygen atoms in total. The molecule has 1 aromatic rings. The van der Waals surface area contributed by atoms with Crippen LogP contribution in [0.3, 0.4) is 0 Å². The predicted molar refractivity (Wildman–Crippen MR) is 70.7 cm³/mol. The molecule has 1 heterocycles. The van der Waals surface area contributed by atoms with Crippen LogP contribution >= 0.6 is 0 Å². The molecule has 7 heteroatoms. The topological polar surface area (TPSA) is 81.2 Å². The number of aromatic nitrogens is 2. The maximum absolute atomic E-state index is 11.6. The zero-order valence-corrected chi connectivity index (χ0v) is 12.1. The fourth-order valence-corrected chi connectivity index (χ4v) is 1.58. The van der Waals surface area contributed by atoms with Gasteiger partial charge in [-0.1, -0.05) is 0 Å². The minimum Gasteiger partial charge on any atom is -0.481 e. The van der Waals surface area contributed by atoms with Crippen molar-refractivity contribution in [1.82, 2.24) is 9.97 Å². The lowest BCUT2D eigenvalue weighted by Gasteiger charge is -2.23. The van der Waals surface area contributed by atoms with Crippen molar-refractivity contribution in [2.75, 3.05) is 25.2 Å². The van der Waals surface area contributed by atoms with E-state index in [-0.39, 0.29) is 6.54 Å². The van der Waals surface area contributed by atoms with E-state index in [0.717, 1.165) is 5.56 Å². The number of nitrogens with one attached hydrogen (secondary N) is 1. The van der Waals surface area contributed by atoms with Gasteiger partial charge in [0.2, 0.25) is 5.88 Å². The van der Waals surface area contributed by atoms with Crippen molar-refractivity contribution in [2.24, 2.45) is 0 Å². The molecule has 0 amide bonds. The smallest absolute Gasteiger partial charge is 0.221 e. The van der Waals surface area contributed by atoms with Gasteiger partial charge >= 0.3 is 0 Å². The lowest BCUT2D eigenvalue weighted by atomic mass is 10.2. The molecule has 1 N–H and O–H groups in total. The van der Waals surface area contributed by atoms with E-state index in [4.69, 9.17) is 4.74 Å². The van der Waals surface area contributed by atoms with E-state index in [2.05, 4.69) is 15.3 Å². The Morgan fingerprint density at radius 3 is 2.50 bits per heavy atom. The Bertz CT molecular complexity index is 526. The zero-order chi connectivity index (χ0) is 14.0. The summed E-state index contributed by atoms with van der Waals surface area (Å²) in [5, 5.41) is 3.02. The van der Waals surface area contributed by atoms with Crippen LogP contribution in [0, 0.1) is 6.92 Å². The van der Waals surface area contributed by atoms with E-state index >= 15 is 0 Å². The summed E-state index contributed by atoms with van der Waals surface area (Å²) in [6.07, 6.45) is 2.60. The van der Waals surface area contributed by atoms with Gasteiger partial charge in [-0.3, -0.25) is 0 Å². The average molecular weight is 273 g/mol. The number of hydrogen-bond acceptors (Lipinski definition) is 6. The molecule has 0 saturated heterocycles. The molecule has 0 aliphatic carbocycles. The highest BCUT2D eigenvalue weighted by atomic mass is 32.2. The van der Waals surface area contributed by atoms with Crippen LogP contribution in [0.5, 0.6) is 5.88 Å². The summed E-state index contributed by atoms with van der Waals surface area (Å²) in [4.78, 5) is 8.03. The highest BCUT2D eigenvalue weighted by Gasteiger charge is 2.30. The second-order valence-electron chi connectivity index (χ2n) is 4.74. The van der Waals surface area contributed by atoms with Crippen molar-refractivity contribution < 1.29 is 13.2 Å². The number of anilines is 1. The molecular formula is C11H19N3O3S. The van der Waals surface area contributed by atoms with Crippen LogP contribution in [-0.2, 0) is 9.84 Å². The van der Waals surface area contributed by atoms with Gasteiger partial charge in [0, 0.05) is 12.8 Å². The van der Waals surface area contributed by atoms with Gasteiger partial charge in [-0.25, -0.2) is 18.4 Å². The fraction of sp³-hybridized carbons (Fsp3) is 0.636. The van der Waals surface area contributed by atoms with Gasteiger partial charge in [0.25, 0.3) is 0 Å². The molecule has 0 radical (unpaired) electrons. The van der Waals surface area contributed by atoms with Crippen LogP contribution in [-0.4, -0.2) is 43.0 Å². The minimum atomic E-state index is -3.14. The molecular weight excluding hydrogens is 254 g/mol. The van der Waals surface area contributed by atoms with Crippen LogP contribution < -0.4 is 10.1 Å². The van der Waals surface area contributed by atoms with Gasteiger partial charge in [0.05, 0.1) is 17.4 Å². The van der Waals surface area contributed by atoms with Gasteiger partial charge in [0.15, 0.2) is 9.84 Å². The standard InChI is InChI=1S/C11H19N3O3S/c1-8-9(13-7-14-10(8)17-4)12-6-11(2,3)18(5,15)16/h7H,6H2,1-5H3,(H,12,13,14). The molecule has 0 spiro atoms. The van der Waals surface area contributed by atoms with Crippen molar-refractivity contribution in [3.05, 3.63) is 11.9 Å². The van der Waals surface area contributed by atoms with Crippen LogP contribution in [0.1, 0.15) is 19.4 Å². The largest absolute Gasteiger partial charge is 0.481 e. The van der Waals surface area contributed by atoms with Crippen molar-refractivity contribution in [3.63, 3.8) is 0 Å². The summed E-state index contributed by atoms with van der Waals surface area (Å²) in [6, 6.07) is 0. The second kappa shape index (κ2) is 5.09. The normalized spacial score (nSPS) is 12.3. The number of ether oxygens (including phenoxy) is 1. The number of rotatable bonds is 5. The van der Waals surface area contributed by atoms with E-state index in [1.165, 1.54) is 19.7 Å². The summed E-state index contributed by atoms with van der Waals surface area (Å²) in [7, 11) is -1.61. The molecule has 0 aliphatic rings. The molecule has 0 atom stereocenters. The first kappa shape index (κ1) is 14.7. The molecule has 0 unspecified atom stereocenters. The Hall–Kier alpha value is -1.37. The van der Waals surface area contributed by atoms with E-state index in [1.807, 2.05) is 6.92 Å². The Kier molecular flexibility index (Phi) is 4.16.